The van der Waals surface area contributed by atoms with Gasteiger partial charge in [-0.05, 0) is 60.5 Å². The zero-order valence-electron chi connectivity index (χ0n) is 15.4. The molecule has 0 saturated carbocycles. The minimum atomic E-state index is -0.647. The van der Waals surface area contributed by atoms with Gasteiger partial charge in [-0.25, -0.2) is 13.6 Å². The van der Waals surface area contributed by atoms with Crippen molar-refractivity contribution >= 4 is 23.3 Å². The molecule has 3 aromatic rings. The maximum atomic E-state index is 13.2. The summed E-state index contributed by atoms with van der Waals surface area (Å²) in [6.45, 7) is 0.237. The van der Waals surface area contributed by atoms with Crippen LogP contribution in [0.1, 0.15) is 15.9 Å². The maximum Gasteiger partial charge on any atom is 0.323 e. The number of rotatable bonds is 6. The molecule has 7 heteroatoms. The molecule has 29 heavy (non-hydrogen) atoms. The van der Waals surface area contributed by atoms with Crippen LogP contribution in [0.3, 0.4) is 0 Å². The third-order valence-electron chi connectivity index (χ3n) is 4.06. The normalized spacial score (nSPS) is 10.3. The SMILES string of the molecule is O=C(Nc1ccccc1)Nc1ccc(C(=O)NCCc2cc(F)cc(F)c2)cc1. The third-order valence-corrected chi connectivity index (χ3v) is 4.06. The minimum absolute atomic E-state index is 0.237. The minimum Gasteiger partial charge on any atom is -0.352 e. The van der Waals surface area contributed by atoms with E-state index in [0.29, 0.717) is 28.9 Å². The lowest BCUT2D eigenvalue weighted by atomic mass is 10.1. The largest absolute Gasteiger partial charge is 0.352 e. The Morgan fingerprint density at radius 2 is 1.34 bits per heavy atom. The number of carbonyl (C=O) groups excluding carboxylic acids is 2. The first-order chi connectivity index (χ1) is 14.0. The first-order valence-electron chi connectivity index (χ1n) is 8.96. The molecule has 0 aliphatic carbocycles. The molecule has 0 bridgehead atoms. The van der Waals surface area contributed by atoms with Crippen LogP contribution < -0.4 is 16.0 Å². The molecular weight excluding hydrogens is 376 g/mol. The fraction of sp³-hybridized carbons (Fsp3) is 0.0909. The molecule has 3 N–H and O–H groups in total. The Hall–Kier alpha value is -3.74. The van der Waals surface area contributed by atoms with Gasteiger partial charge in [0.25, 0.3) is 5.91 Å². The van der Waals surface area contributed by atoms with Crippen molar-refractivity contribution < 1.29 is 18.4 Å². The van der Waals surface area contributed by atoms with Gasteiger partial charge in [0.1, 0.15) is 11.6 Å². The van der Waals surface area contributed by atoms with E-state index < -0.39 is 17.7 Å². The van der Waals surface area contributed by atoms with Crippen molar-refractivity contribution in [1.29, 1.82) is 0 Å². The van der Waals surface area contributed by atoms with Crippen LogP contribution in [0.4, 0.5) is 25.0 Å². The van der Waals surface area contributed by atoms with Crippen LogP contribution in [0.15, 0.2) is 72.8 Å². The zero-order chi connectivity index (χ0) is 20.6. The number of para-hydroxylation sites is 1. The van der Waals surface area contributed by atoms with E-state index in [4.69, 9.17) is 0 Å². The summed E-state index contributed by atoms with van der Waals surface area (Å²) in [6.07, 6.45) is 0.305. The second-order valence-corrected chi connectivity index (χ2v) is 6.31. The summed E-state index contributed by atoms with van der Waals surface area (Å²) in [5.41, 5.74) is 2.07. The number of benzene rings is 3. The van der Waals surface area contributed by atoms with E-state index in [0.717, 1.165) is 6.07 Å². The van der Waals surface area contributed by atoms with Crippen molar-refractivity contribution in [3.63, 3.8) is 0 Å². The second kappa shape index (κ2) is 9.45. The Labute approximate surface area is 166 Å². The van der Waals surface area contributed by atoms with Crippen LogP contribution in [-0.2, 0) is 6.42 Å². The summed E-state index contributed by atoms with van der Waals surface area (Å²) in [6, 6.07) is 18.3. The average Bonchev–Trinajstić information content (AvgIpc) is 2.68. The Kier molecular flexibility index (Phi) is 6.52. The molecular formula is C22H19F2N3O2. The standard InChI is InChI=1S/C22H19F2N3O2/c23-17-12-15(13-18(24)14-17)10-11-25-21(28)16-6-8-20(9-7-16)27-22(29)26-19-4-2-1-3-5-19/h1-9,12-14H,10-11H2,(H,25,28)(H2,26,27,29). The van der Waals surface area contributed by atoms with Gasteiger partial charge < -0.3 is 16.0 Å². The molecule has 0 aliphatic rings. The van der Waals surface area contributed by atoms with E-state index >= 15 is 0 Å². The van der Waals surface area contributed by atoms with Gasteiger partial charge >= 0.3 is 6.03 Å². The van der Waals surface area contributed by atoms with Crippen LogP contribution in [0.2, 0.25) is 0 Å². The highest BCUT2D eigenvalue weighted by atomic mass is 19.1. The van der Waals surface area contributed by atoms with E-state index in [-0.39, 0.29) is 12.5 Å². The predicted octanol–water partition coefficient (Wildman–Crippen LogP) is 4.58. The molecule has 3 aromatic carbocycles. The summed E-state index contributed by atoms with van der Waals surface area (Å²) in [5.74, 6) is -1.61. The van der Waals surface area contributed by atoms with Crippen LogP contribution in [0.5, 0.6) is 0 Å². The molecule has 0 radical (unpaired) electrons. The van der Waals surface area contributed by atoms with Crippen molar-refractivity contribution in [3.8, 4) is 0 Å². The lowest BCUT2D eigenvalue weighted by Crippen LogP contribution is -2.25. The molecule has 0 fully saturated rings. The predicted molar refractivity (Wildman–Crippen MR) is 108 cm³/mol. The van der Waals surface area contributed by atoms with Gasteiger partial charge in [-0.2, -0.15) is 0 Å². The number of hydrogen-bond donors (Lipinski definition) is 3. The molecule has 5 nitrogen and oxygen atoms in total. The van der Waals surface area contributed by atoms with Gasteiger partial charge in [0, 0.05) is 29.5 Å². The summed E-state index contributed by atoms with van der Waals surface area (Å²) in [5, 5.41) is 8.07. The number of amides is 3. The van der Waals surface area contributed by atoms with E-state index in [1.54, 1.807) is 36.4 Å². The van der Waals surface area contributed by atoms with Gasteiger partial charge in [0.05, 0.1) is 0 Å². The number of halogens is 2. The van der Waals surface area contributed by atoms with Crippen LogP contribution >= 0.6 is 0 Å². The highest BCUT2D eigenvalue weighted by Gasteiger charge is 2.07. The quantitative estimate of drug-likeness (QED) is 0.572. The van der Waals surface area contributed by atoms with Crippen LogP contribution in [0.25, 0.3) is 0 Å². The number of anilines is 2. The number of urea groups is 1. The Morgan fingerprint density at radius 1 is 0.759 bits per heavy atom. The van der Waals surface area contributed by atoms with Crippen molar-refractivity contribution in [3.05, 3.63) is 95.6 Å². The van der Waals surface area contributed by atoms with Crippen LogP contribution in [0, 0.1) is 11.6 Å². The van der Waals surface area contributed by atoms with Gasteiger partial charge in [-0.1, -0.05) is 18.2 Å². The first kappa shape index (κ1) is 20.0. The molecule has 0 aromatic heterocycles. The Morgan fingerprint density at radius 3 is 1.97 bits per heavy atom. The molecule has 0 saturated heterocycles. The van der Waals surface area contributed by atoms with Crippen molar-refractivity contribution in [2.45, 2.75) is 6.42 Å². The summed E-state index contributed by atoms with van der Waals surface area (Å²) < 4.78 is 26.3. The van der Waals surface area contributed by atoms with E-state index in [1.165, 1.54) is 12.1 Å². The summed E-state index contributed by atoms with van der Waals surface area (Å²) in [4.78, 5) is 24.2. The van der Waals surface area contributed by atoms with E-state index in [2.05, 4.69) is 16.0 Å². The molecule has 3 amide bonds. The van der Waals surface area contributed by atoms with Crippen LogP contribution in [-0.4, -0.2) is 18.5 Å². The molecule has 3 rings (SSSR count). The monoisotopic (exact) mass is 395 g/mol. The lowest BCUT2D eigenvalue weighted by molar-refractivity contribution is 0.0954. The zero-order valence-corrected chi connectivity index (χ0v) is 15.4. The van der Waals surface area contributed by atoms with E-state index in [1.807, 2.05) is 18.2 Å². The lowest BCUT2D eigenvalue weighted by Gasteiger charge is -2.09. The molecule has 148 valence electrons. The second-order valence-electron chi connectivity index (χ2n) is 6.31. The Balaban J connectivity index is 1.48. The molecule has 0 heterocycles. The van der Waals surface area contributed by atoms with Crippen molar-refractivity contribution in [2.75, 3.05) is 17.2 Å². The highest BCUT2D eigenvalue weighted by molar-refractivity contribution is 6.00. The number of nitrogens with one attached hydrogen (secondary N) is 3. The molecule has 0 spiro atoms. The number of carbonyl (C=O) groups is 2. The average molecular weight is 395 g/mol. The highest BCUT2D eigenvalue weighted by Crippen LogP contribution is 2.12. The smallest absolute Gasteiger partial charge is 0.323 e. The molecule has 0 unspecified atom stereocenters. The van der Waals surface area contributed by atoms with Gasteiger partial charge in [0.2, 0.25) is 0 Å². The first-order valence-corrected chi connectivity index (χ1v) is 8.96. The maximum absolute atomic E-state index is 13.2. The summed E-state index contributed by atoms with van der Waals surface area (Å²) in [7, 11) is 0. The van der Waals surface area contributed by atoms with Crippen molar-refractivity contribution in [1.82, 2.24) is 5.32 Å². The molecule has 0 atom stereocenters. The topological polar surface area (TPSA) is 70.2 Å². The fourth-order valence-corrected chi connectivity index (χ4v) is 2.70. The summed E-state index contributed by atoms with van der Waals surface area (Å²) >= 11 is 0. The van der Waals surface area contributed by atoms with Gasteiger partial charge in [0.15, 0.2) is 0 Å². The number of hydrogen-bond acceptors (Lipinski definition) is 2. The Bertz CT molecular complexity index is 972. The van der Waals surface area contributed by atoms with E-state index in [9.17, 15) is 18.4 Å². The van der Waals surface area contributed by atoms with Gasteiger partial charge in [-0.15, -0.1) is 0 Å². The fourth-order valence-electron chi connectivity index (χ4n) is 2.70. The third kappa shape index (κ3) is 6.14. The molecule has 0 aliphatic heterocycles. The van der Waals surface area contributed by atoms with Crippen molar-refractivity contribution in [2.24, 2.45) is 0 Å². The van der Waals surface area contributed by atoms with Gasteiger partial charge in [-0.3, -0.25) is 4.79 Å².